The van der Waals surface area contributed by atoms with Gasteiger partial charge in [0.15, 0.2) is 0 Å². The number of carbonyl (C=O) groups excluding carboxylic acids is 1. The Morgan fingerprint density at radius 3 is 1.64 bits per heavy atom. The molecule has 1 amide bonds. The van der Waals surface area contributed by atoms with Crippen LogP contribution >= 0.6 is 45.9 Å². The first-order valence-electron chi connectivity index (χ1n) is 14.8. The molecule has 0 saturated carbocycles. The van der Waals surface area contributed by atoms with E-state index in [1.165, 1.54) is 30.6 Å². The predicted molar refractivity (Wildman–Crippen MR) is 187 cm³/mol. The van der Waals surface area contributed by atoms with E-state index in [-0.39, 0.29) is 5.91 Å². The van der Waals surface area contributed by atoms with Gasteiger partial charge in [0.25, 0.3) is 0 Å². The highest BCUT2D eigenvalue weighted by atomic mass is 35.5. The summed E-state index contributed by atoms with van der Waals surface area (Å²) in [4.78, 5) is 30.5. The summed E-state index contributed by atoms with van der Waals surface area (Å²) < 4.78 is 0. The van der Waals surface area contributed by atoms with Gasteiger partial charge in [0, 0.05) is 42.6 Å². The van der Waals surface area contributed by atoms with Gasteiger partial charge in [0.1, 0.15) is 0 Å². The number of carbonyl (C=O) groups is 2. The van der Waals surface area contributed by atoms with Crippen molar-refractivity contribution in [2.24, 2.45) is 0 Å². The van der Waals surface area contributed by atoms with Crippen molar-refractivity contribution in [2.45, 2.75) is 57.8 Å². The summed E-state index contributed by atoms with van der Waals surface area (Å²) in [5, 5.41) is 13.8. The number of nitrogens with zero attached hydrogens (tertiary/aromatic N) is 1. The van der Waals surface area contributed by atoms with Crippen molar-refractivity contribution in [3.8, 4) is 20.9 Å². The molecule has 3 heterocycles. The van der Waals surface area contributed by atoms with E-state index in [1.54, 1.807) is 25.2 Å². The van der Waals surface area contributed by atoms with E-state index >= 15 is 0 Å². The van der Waals surface area contributed by atoms with Gasteiger partial charge in [-0.25, -0.2) is 0 Å². The van der Waals surface area contributed by atoms with E-state index in [0.717, 1.165) is 61.8 Å². The number of piperidine rings is 1. The zero-order valence-corrected chi connectivity index (χ0v) is 28.8. The van der Waals surface area contributed by atoms with Crippen LogP contribution in [0.3, 0.4) is 0 Å². The fraction of sp³-hybridized carbons (Fsp3) is 0.371. The van der Waals surface area contributed by atoms with Gasteiger partial charge in [0.05, 0.1) is 10.8 Å². The summed E-state index contributed by atoms with van der Waals surface area (Å²) in [5.41, 5.74) is 0.802. The SMILES string of the molecule is CC(C)(C(=O)NCCN1CCCCC1)c1ccc(-c2ccc(Cl)cc2)s1.CC(C)(C(=O)O)c1ccc(-c2ccc(Cl)cc2)s1. The third-order valence-corrected chi connectivity index (χ3v) is 11.4. The van der Waals surface area contributed by atoms with Crippen molar-refractivity contribution < 1.29 is 14.7 Å². The number of nitrogens with one attached hydrogen (secondary N) is 1. The van der Waals surface area contributed by atoms with Gasteiger partial charge < -0.3 is 15.3 Å². The molecule has 44 heavy (non-hydrogen) atoms. The quantitative estimate of drug-likeness (QED) is 0.186. The molecule has 5 rings (SSSR count). The standard InChI is InChI=1S/C21H27ClN2OS.C14H13ClO2S/c1-21(2,20(25)23-12-15-24-13-4-3-5-14-24)19-11-10-18(26-19)16-6-8-17(22)9-7-16;1-14(2,13(16)17)12-8-7-11(18-12)9-3-5-10(15)6-4-9/h6-11H,3-5,12-15H2,1-2H3,(H,23,25);3-8H,1-2H3,(H,16,17). The summed E-state index contributed by atoms with van der Waals surface area (Å²) >= 11 is 15.0. The van der Waals surface area contributed by atoms with Gasteiger partial charge in [-0.15, -0.1) is 22.7 Å². The van der Waals surface area contributed by atoms with Crippen LogP contribution in [0.25, 0.3) is 20.9 Å². The number of carboxylic acids is 1. The van der Waals surface area contributed by atoms with E-state index in [0.29, 0.717) is 5.02 Å². The zero-order valence-electron chi connectivity index (χ0n) is 25.7. The number of hydrogen-bond donors (Lipinski definition) is 2. The lowest BCUT2D eigenvalue weighted by Crippen LogP contribution is -2.43. The fourth-order valence-corrected chi connectivity index (χ4v) is 7.30. The molecule has 0 atom stereocenters. The molecule has 0 unspecified atom stereocenters. The van der Waals surface area contributed by atoms with Crippen molar-refractivity contribution in [1.29, 1.82) is 0 Å². The highest BCUT2D eigenvalue weighted by Gasteiger charge is 2.32. The van der Waals surface area contributed by atoms with Gasteiger partial charge in [-0.1, -0.05) is 53.9 Å². The Morgan fingerprint density at radius 2 is 1.18 bits per heavy atom. The zero-order chi connectivity index (χ0) is 31.9. The Kier molecular flexibility index (Phi) is 11.7. The first kappa shape index (κ1) is 34.2. The fourth-order valence-electron chi connectivity index (χ4n) is 4.84. The van der Waals surface area contributed by atoms with Gasteiger partial charge in [0.2, 0.25) is 5.91 Å². The number of halogens is 2. The van der Waals surface area contributed by atoms with Crippen LogP contribution in [-0.2, 0) is 20.4 Å². The van der Waals surface area contributed by atoms with Crippen molar-refractivity contribution in [3.05, 3.63) is 92.6 Å². The molecule has 1 aliphatic heterocycles. The number of amides is 1. The smallest absolute Gasteiger partial charge is 0.314 e. The normalized spacial score (nSPS) is 14.0. The lowest BCUT2D eigenvalue weighted by atomic mass is 9.90. The molecule has 2 aromatic heterocycles. The molecule has 2 aromatic carbocycles. The van der Waals surface area contributed by atoms with Gasteiger partial charge in [-0.05, 0) is 113 Å². The Balaban J connectivity index is 0.000000215. The average Bonchev–Trinajstić information content (AvgIpc) is 3.71. The second kappa shape index (κ2) is 15.1. The summed E-state index contributed by atoms with van der Waals surface area (Å²) in [5.74, 6) is -0.717. The number of hydrogen-bond acceptors (Lipinski definition) is 5. The Morgan fingerprint density at radius 1 is 0.727 bits per heavy atom. The average molecular weight is 672 g/mol. The van der Waals surface area contributed by atoms with Crippen molar-refractivity contribution in [1.82, 2.24) is 10.2 Å². The van der Waals surface area contributed by atoms with Crippen LogP contribution in [0.4, 0.5) is 0 Å². The molecule has 4 aromatic rings. The number of benzene rings is 2. The molecule has 0 aliphatic carbocycles. The third-order valence-electron chi connectivity index (χ3n) is 7.97. The minimum Gasteiger partial charge on any atom is -0.481 e. The third kappa shape index (κ3) is 8.73. The minimum atomic E-state index is -0.852. The largest absolute Gasteiger partial charge is 0.481 e. The molecule has 5 nitrogen and oxygen atoms in total. The molecule has 1 aliphatic rings. The number of rotatable bonds is 9. The van der Waals surface area contributed by atoms with E-state index in [2.05, 4.69) is 22.3 Å². The lowest BCUT2D eigenvalue weighted by Gasteiger charge is -2.27. The molecular formula is C35H40Cl2N2O3S2. The van der Waals surface area contributed by atoms with Gasteiger partial charge >= 0.3 is 5.97 Å². The van der Waals surface area contributed by atoms with Crippen LogP contribution in [0, 0.1) is 0 Å². The summed E-state index contributed by atoms with van der Waals surface area (Å²) in [6.07, 6.45) is 3.90. The minimum absolute atomic E-state index is 0.0963. The molecule has 234 valence electrons. The number of likely N-dealkylation sites (tertiary alicyclic amines) is 1. The molecule has 9 heteroatoms. The Bertz CT molecular complexity index is 1540. The van der Waals surface area contributed by atoms with Crippen LogP contribution in [-0.4, -0.2) is 48.1 Å². The van der Waals surface area contributed by atoms with Crippen LogP contribution in [0.5, 0.6) is 0 Å². The van der Waals surface area contributed by atoms with E-state index < -0.39 is 16.8 Å². The van der Waals surface area contributed by atoms with E-state index in [9.17, 15) is 14.7 Å². The van der Waals surface area contributed by atoms with Crippen LogP contribution in [0.1, 0.15) is 56.7 Å². The number of carboxylic acid groups (broad SMARTS) is 1. The first-order valence-corrected chi connectivity index (χ1v) is 17.2. The maximum absolute atomic E-state index is 12.8. The molecule has 0 bridgehead atoms. The van der Waals surface area contributed by atoms with Gasteiger partial charge in [-0.3, -0.25) is 9.59 Å². The molecule has 2 N–H and O–H groups in total. The maximum atomic E-state index is 12.8. The molecule has 0 radical (unpaired) electrons. The Labute approximate surface area is 278 Å². The van der Waals surface area contributed by atoms with Crippen molar-refractivity contribution >= 4 is 57.8 Å². The Hall–Kier alpha value is -2.68. The number of aliphatic carboxylic acids is 1. The second-order valence-corrected chi connectivity index (χ2v) is 15.1. The highest BCUT2D eigenvalue weighted by molar-refractivity contribution is 7.16. The lowest BCUT2D eigenvalue weighted by molar-refractivity contribution is -0.142. The topological polar surface area (TPSA) is 69.6 Å². The molecular weight excluding hydrogens is 631 g/mol. The molecule has 0 spiro atoms. The van der Waals surface area contributed by atoms with E-state index in [4.69, 9.17) is 23.2 Å². The van der Waals surface area contributed by atoms with Gasteiger partial charge in [-0.2, -0.15) is 0 Å². The maximum Gasteiger partial charge on any atom is 0.314 e. The summed E-state index contributed by atoms with van der Waals surface area (Å²) in [6, 6.07) is 23.4. The summed E-state index contributed by atoms with van der Waals surface area (Å²) in [6.45, 7) is 11.4. The molecule has 1 saturated heterocycles. The van der Waals surface area contributed by atoms with Crippen LogP contribution in [0.2, 0.25) is 10.0 Å². The van der Waals surface area contributed by atoms with Crippen LogP contribution in [0.15, 0.2) is 72.8 Å². The number of thiophene rings is 2. The van der Waals surface area contributed by atoms with Crippen LogP contribution < -0.4 is 5.32 Å². The predicted octanol–water partition coefficient (Wildman–Crippen LogP) is 9.38. The van der Waals surface area contributed by atoms with E-state index in [1.807, 2.05) is 74.5 Å². The van der Waals surface area contributed by atoms with Crippen molar-refractivity contribution in [3.63, 3.8) is 0 Å². The van der Waals surface area contributed by atoms with Crippen molar-refractivity contribution in [2.75, 3.05) is 26.2 Å². The first-order chi connectivity index (χ1) is 20.9. The second-order valence-electron chi connectivity index (χ2n) is 12.1. The molecule has 1 fully saturated rings. The highest BCUT2D eigenvalue weighted by Crippen LogP contribution is 2.37. The monoisotopic (exact) mass is 670 g/mol. The summed E-state index contributed by atoms with van der Waals surface area (Å²) in [7, 11) is 0.